The summed E-state index contributed by atoms with van der Waals surface area (Å²) in [4.78, 5) is 29.0. The minimum atomic E-state index is -0.346. The molecule has 1 aromatic heterocycles. The Balaban J connectivity index is 1.93. The maximum Gasteiger partial charge on any atom is 0.410 e. The highest BCUT2D eigenvalue weighted by Crippen LogP contribution is 2.28. The first kappa shape index (κ1) is 13.8. The molecule has 7 nitrogen and oxygen atoms in total. The van der Waals surface area contributed by atoms with E-state index in [1.54, 1.807) is 12.0 Å². The minimum Gasteiger partial charge on any atom is -0.447 e. The van der Waals surface area contributed by atoms with Gasteiger partial charge < -0.3 is 19.7 Å². The number of methoxy groups -OCH3 is 1. The predicted molar refractivity (Wildman–Crippen MR) is 69.1 cm³/mol. The van der Waals surface area contributed by atoms with Gasteiger partial charge in [-0.05, 0) is 0 Å². The van der Waals surface area contributed by atoms with E-state index >= 15 is 0 Å². The van der Waals surface area contributed by atoms with Gasteiger partial charge in [-0.25, -0.2) is 9.78 Å². The van der Waals surface area contributed by atoms with Gasteiger partial charge in [0.1, 0.15) is 6.61 Å². The fourth-order valence-electron chi connectivity index (χ4n) is 1.77. The van der Waals surface area contributed by atoms with Crippen molar-refractivity contribution in [1.82, 2.24) is 9.88 Å². The van der Waals surface area contributed by atoms with Gasteiger partial charge in [0.05, 0.1) is 18.8 Å². The van der Waals surface area contributed by atoms with Crippen molar-refractivity contribution in [2.75, 3.05) is 32.2 Å². The molecular weight excluding hydrogens is 270 g/mol. The molecule has 8 heteroatoms. The van der Waals surface area contributed by atoms with Crippen LogP contribution in [0.1, 0.15) is 10.6 Å². The molecule has 2 amide bonds. The smallest absolute Gasteiger partial charge is 0.410 e. The van der Waals surface area contributed by atoms with E-state index in [0.717, 1.165) is 10.6 Å². The number of nitrogens with zero attached hydrogens (tertiary/aromatic N) is 2. The third-order valence-electron chi connectivity index (χ3n) is 2.68. The number of hydrogen-bond donors (Lipinski definition) is 1. The molecule has 1 aliphatic rings. The van der Waals surface area contributed by atoms with Crippen molar-refractivity contribution in [1.29, 1.82) is 0 Å². The van der Waals surface area contributed by atoms with Crippen LogP contribution in [-0.2, 0) is 27.2 Å². The Kier molecular flexibility index (Phi) is 4.69. The van der Waals surface area contributed by atoms with Gasteiger partial charge in [-0.1, -0.05) is 11.3 Å². The lowest BCUT2D eigenvalue weighted by Gasteiger charge is -2.25. The van der Waals surface area contributed by atoms with Crippen molar-refractivity contribution in [2.45, 2.75) is 13.0 Å². The Morgan fingerprint density at radius 3 is 3.16 bits per heavy atom. The van der Waals surface area contributed by atoms with E-state index in [4.69, 9.17) is 9.47 Å². The number of carbonyl (C=O) groups is 2. The molecule has 1 N–H and O–H groups in total. The van der Waals surface area contributed by atoms with Gasteiger partial charge in [-0.15, -0.1) is 0 Å². The summed E-state index contributed by atoms with van der Waals surface area (Å²) >= 11 is 1.38. The largest absolute Gasteiger partial charge is 0.447 e. The summed E-state index contributed by atoms with van der Waals surface area (Å²) in [5, 5.41) is 3.09. The number of rotatable bonds is 5. The van der Waals surface area contributed by atoms with E-state index in [1.807, 2.05) is 0 Å². The second-order valence-corrected chi connectivity index (χ2v) is 5.01. The number of fused-ring (bicyclic) bond motifs is 1. The molecule has 104 valence electrons. The van der Waals surface area contributed by atoms with E-state index in [0.29, 0.717) is 37.7 Å². The maximum absolute atomic E-state index is 11.8. The Morgan fingerprint density at radius 1 is 1.58 bits per heavy atom. The van der Waals surface area contributed by atoms with Crippen molar-refractivity contribution >= 4 is 29.0 Å². The van der Waals surface area contributed by atoms with Gasteiger partial charge in [-0.3, -0.25) is 4.79 Å². The van der Waals surface area contributed by atoms with E-state index in [9.17, 15) is 9.59 Å². The Morgan fingerprint density at radius 2 is 2.42 bits per heavy atom. The van der Waals surface area contributed by atoms with E-state index < -0.39 is 0 Å². The molecule has 1 aromatic rings. The second-order valence-electron chi connectivity index (χ2n) is 3.93. The average molecular weight is 285 g/mol. The molecular formula is C11H15N3O4S. The predicted octanol–water partition coefficient (Wildman–Crippen LogP) is 0.853. The fourth-order valence-corrected chi connectivity index (χ4v) is 2.75. The fraction of sp³-hybridized carbons (Fsp3) is 0.545. The summed E-state index contributed by atoms with van der Waals surface area (Å²) in [7, 11) is 1.56. The molecule has 0 saturated heterocycles. The van der Waals surface area contributed by atoms with E-state index in [-0.39, 0.29) is 12.7 Å². The van der Waals surface area contributed by atoms with Crippen LogP contribution in [0.4, 0.5) is 9.93 Å². The van der Waals surface area contributed by atoms with Crippen LogP contribution in [0.15, 0.2) is 0 Å². The molecule has 0 unspecified atom stereocenters. The summed E-state index contributed by atoms with van der Waals surface area (Å²) in [6.07, 6.45) is 0.924. The monoisotopic (exact) mass is 285 g/mol. The van der Waals surface area contributed by atoms with Crippen LogP contribution in [0.25, 0.3) is 0 Å². The highest BCUT2D eigenvalue weighted by atomic mass is 32.1. The molecule has 0 atom stereocenters. The SMILES string of the molecule is COCCOC(=O)N1CCc2nc(NC=O)sc2C1. The van der Waals surface area contributed by atoms with Crippen LogP contribution < -0.4 is 5.32 Å². The first-order chi connectivity index (χ1) is 9.24. The number of aromatic nitrogens is 1. The summed E-state index contributed by atoms with van der Waals surface area (Å²) in [5.41, 5.74) is 0.940. The van der Waals surface area contributed by atoms with Gasteiger partial charge in [-0.2, -0.15) is 0 Å². The topological polar surface area (TPSA) is 80.8 Å². The summed E-state index contributed by atoms with van der Waals surface area (Å²) in [6, 6.07) is 0. The Hall–Kier alpha value is -1.67. The lowest BCUT2D eigenvalue weighted by Crippen LogP contribution is -2.36. The molecule has 0 saturated carbocycles. The molecule has 0 aliphatic carbocycles. The molecule has 0 aromatic carbocycles. The lowest BCUT2D eigenvalue weighted by molar-refractivity contribution is -0.105. The number of nitrogens with one attached hydrogen (secondary N) is 1. The first-order valence-corrected chi connectivity index (χ1v) is 6.65. The van der Waals surface area contributed by atoms with Crippen LogP contribution in [0.2, 0.25) is 0 Å². The zero-order chi connectivity index (χ0) is 13.7. The Labute approximate surface area is 114 Å². The molecule has 2 heterocycles. The van der Waals surface area contributed by atoms with E-state index in [2.05, 4.69) is 10.3 Å². The van der Waals surface area contributed by atoms with Crippen molar-refractivity contribution in [2.24, 2.45) is 0 Å². The van der Waals surface area contributed by atoms with Gasteiger partial charge in [0.15, 0.2) is 5.13 Å². The van der Waals surface area contributed by atoms with Gasteiger partial charge >= 0.3 is 6.09 Å². The lowest BCUT2D eigenvalue weighted by atomic mass is 10.2. The van der Waals surface area contributed by atoms with Crippen LogP contribution in [-0.4, -0.2) is 49.3 Å². The molecule has 0 bridgehead atoms. The standard InChI is InChI=1S/C11H15N3O4S/c1-17-4-5-18-11(16)14-3-2-8-9(6-14)19-10(13-8)12-7-15/h7H,2-6H2,1H3,(H,12,13,15). The van der Waals surface area contributed by atoms with Crippen molar-refractivity contribution in [3.05, 3.63) is 10.6 Å². The first-order valence-electron chi connectivity index (χ1n) is 5.84. The number of thiazole rings is 1. The zero-order valence-electron chi connectivity index (χ0n) is 10.5. The van der Waals surface area contributed by atoms with Crippen LogP contribution >= 0.6 is 11.3 Å². The van der Waals surface area contributed by atoms with E-state index in [1.165, 1.54) is 11.3 Å². The van der Waals surface area contributed by atoms with Crippen molar-refractivity contribution in [3.63, 3.8) is 0 Å². The second kappa shape index (κ2) is 6.48. The molecule has 1 aliphatic heterocycles. The molecule has 2 rings (SSSR count). The molecule has 19 heavy (non-hydrogen) atoms. The van der Waals surface area contributed by atoms with Gasteiger partial charge in [0, 0.05) is 25.0 Å². The third kappa shape index (κ3) is 3.42. The van der Waals surface area contributed by atoms with Crippen molar-refractivity contribution in [3.8, 4) is 0 Å². The number of anilines is 1. The average Bonchev–Trinajstić information content (AvgIpc) is 2.80. The number of amides is 2. The van der Waals surface area contributed by atoms with Crippen LogP contribution in [0.3, 0.4) is 0 Å². The quantitative estimate of drug-likeness (QED) is 0.641. The van der Waals surface area contributed by atoms with Crippen LogP contribution in [0.5, 0.6) is 0 Å². The zero-order valence-corrected chi connectivity index (χ0v) is 11.4. The maximum atomic E-state index is 11.8. The molecule has 0 fully saturated rings. The number of ether oxygens (including phenoxy) is 2. The summed E-state index contributed by atoms with van der Waals surface area (Å²) < 4.78 is 9.89. The van der Waals surface area contributed by atoms with Gasteiger partial charge in [0.25, 0.3) is 0 Å². The number of carbonyl (C=O) groups excluding carboxylic acids is 2. The minimum absolute atomic E-state index is 0.249. The third-order valence-corrected chi connectivity index (χ3v) is 3.70. The molecule has 0 spiro atoms. The van der Waals surface area contributed by atoms with Crippen molar-refractivity contribution < 1.29 is 19.1 Å². The number of hydrogen-bond acceptors (Lipinski definition) is 6. The molecule has 0 radical (unpaired) electrons. The summed E-state index contributed by atoms with van der Waals surface area (Å²) in [6.45, 7) is 1.68. The van der Waals surface area contributed by atoms with Gasteiger partial charge in [0.2, 0.25) is 6.41 Å². The Bertz CT molecular complexity index is 463. The highest BCUT2D eigenvalue weighted by molar-refractivity contribution is 7.15. The van der Waals surface area contributed by atoms with Crippen LogP contribution in [0, 0.1) is 0 Å². The normalized spacial score (nSPS) is 13.8. The highest BCUT2D eigenvalue weighted by Gasteiger charge is 2.24. The summed E-state index contributed by atoms with van der Waals surface area (Å²) in [5.74, 6) is 0.